The molecule has 4 aliphatic rings. The summed E-state index contributed by atoms with van der Waals surface area (Å²) >= 11 is 0.732. The smallest absolute Gasteiger partial charge is 0.294 e. The molecule has 5 rings (SSSR count). The fourth-order valence-electron chi connectivity index (χ4n) is 4.33. The lowest BCUT2D eigenvalue weighted by Crippen LogP contribution is -2.51. The zero-order valence-electron chi connectivity index (χ0n) is 18.3. The molecular formula is C25H23N3O5S. The Bertz CT molecular complexity index is 1150. The highest BCUT2D eigenvalue weighted by Crippen LogP contribution is 2.34. The third kappa shape index (κ3) is 4.31. The fraction of sp³-hybridized carbons (Fsp3) is 0.280. The fourth-order valence-corrected chi connectivity index (χ4v) is 5.16. The van der Waals surface area contributed by atoms with E-state index in [1.54, 1.807) is 23.1 Å². The maximum atomic E-state index is 12.9. The molecule has 1 aromatic carbocycles. The molecule has 0 bridgehead atoms. The standard InChI is InChI=1S/C25H23N3O5S/c29-22(27-12-10-26(11-13-27)18-6-2-1-3-7-18)15-28-24(31)21(34-25(28)32)14-17-16-33-20-9-5-4-8-19(20)23(17)30/h1-9,14,16,19-20H,10-13,15H2/b21-14+/t19-,20+/m1/s1. The van der Waals surface area contributed by atoms with Crippen molar-refractivity contribution in [2.75, 3.05) is 37.6 Å². The number of ketones is 1. The number of ether oxygens (including phenoxy) is 1. The first kappa shape index (κ1) is 22.2. The number of hydrogen-bond donors (Lipinski definition) is 0. The summed E-state index contributed by atoms with van der Waals surface area (Å²) in [5.41, 5.74) is 1.34. The topological polar surface area (TPSA) is 87.2 Å². The van der Waals surface area contributed by atoms with Gasteiger partial charge in [0.1, 0.15) is 12.6 Å². The van der Waals surface area contributed by atoms with Crippen LogP contribution >= 0.6 is 11.8 Å². The summed E-state index contributed by atoms with van der Waals surface area (Å²) in [6.07, 6.45) is 9.52. The van der Waals surface area contributed by atoms with Crippen LogP contribution in [-0.4, -0.2) is 71.5 Å². The van der Waals surface area contributed by atoms with E-state index in [0.717, 1.165) is 22.3 Å². The average molecular weight is 478 g/mol. The van der Waals surface area contributed by atoms with Crippen LogP contribution in [0.25, 0.3) is 0 Å². The van der Waals surface area contributed by atoms with Crippen LogP contribution < -0.4 is 4.90 Å². The van der Waals surface area contributed by atoms with E-state index in [1.165, 1.54) is 12.3 Å². The molecule has 2 saturated heterocycles. The largest absolute Gasteiger partial charge is 0.492 e. The molecule has 2 atom stereocenters. The number of carbonyl (C=O) groups excluding carboxylic acids is 4. The maximum absolute atomic E-state index is 12.9. The van der Waals surface area contributed by atoms with Gasteiger partial charge >= 0.3 is 0 Å². The van der Waals surface area contributed by atoms with Crippen LogP contribution in [0.5, 0.6) is 0 Å². The number of thioether (sulfide) groups is 1. The van der Waals surface area contributed by atoms with Crippen molar-refractivity contribution in [2.24, 2.45) is 5.92 Å². The predicted molar refractivity (Wildman–Crippen MR) is 128 cm³/mol. The third-order valence-electron chi connectivity index (χ3n) is 6.23. The van der Waals surface area contributed by atoms with Crippen molar-refractivity contribution in [3.8, 4) is 0 Å². The lowest BCUT2D eigenvalue weighted by atomic mass is 9.88. The molecule has 2 fully saturated rings. The first-order valence-corrected chi connectivity index (χ1v) is 11.9. The van der Waals surface area contributed by atoms with Crippen LogP contribution in [0, 0.1) is 5.92 Å². The Balaban J connectivity index is 1.21. The quantitative estimate of drug-likeness (QED) is 0.616. The number of benzene rings is 1. The summed E-state index contributed by atoms with van der Waals surface area (Å²) in [6, 6.07) is 9.98. The summed E-state index contributed by atoms with van der Waals surface area (Å²) < 4.78 is 5.60. The highest BCUT2D eigenvalue weighted by atomic mass is 32.2. The second-order valence-electron chi connectivity index (χ2n) is 8.30. The molecule has 3 aliphatic heterocycles. The van der Waals surface area contributed by atoms with Crippen LogP contribution in [0.15, 0.2) is 77.5 Å². The molecule has 0 radical (unpaired) electrons. The molecular weight excluding hydrogens is 454 g/mol. The number of anilines is 1. The van der Waals surface area contributed by atoms with E-state index in [2.05, 4.69) is 4.90 Å². The summed E-state index contributed by atoms with van der Waals surface area (Å²) in [6.45, 7) is 2.08. The predicted octanol–water partition coefficient (Wildman–Crippen LogP) is 2.51. The second-order valence-corrected chi connectivity index (χ2v) is 9.30. The SMILES string of the molecule is O=C1C(/C=C2/SC(=O)N(CC(=O)N3CCN(c4ccccc4)CC3)C2=O)=CO[C@H]2C=CC=C[C@@H]12. The van der Waals surface area contributed by atoms with Gasteiger partial charge in [-0.2, -0.15) is 0 Å². The first-order chi connectivity index (χ1) is 16.5. The van der Waals surface area contributed by atoms with Crippen LogP contribution in [0.1, 0.15) is 0 Å². The minimum Gasteiger partial charge on any atom is -0.492 e. The van der Waals surface area contributed by atoms with Crippen LogP contribution in [-0.2, 0) is 19.1 Å². The molecule has 34 heavy (non-hydrogen) atoms. The number of hydrogen-bond acceptors (Lipinski definition) is 7. The zero-order valence-corrected chi connectivity index (χ0v) is 19.1. The number of carbonyl (C=O) groups is 4. The Labute approximate surface area is 201 Å². The summed E-state index contributed by atoms with van der Waals surface area (Å²) in [7, 11) is 0. The van der Waals surface area contributed by atoms with Gasteiger partial charge in [0.15, 0.2) is 5.78 Å². The Kier molecular flexibility index (Phi) is 6.10. The molecule has 174 valence electrons. The number of imide groups is 1. The summed E-state index contributed by atoms with van der Waals surface area (Å²) in [4.78, 5) is 55.9. The van der Waals surface area contributed by atoms with Gasteiger partial charge in [0.05, 0.1) is 22.7 Å². The van der Waals surface area contributed by atoms with Gasteiger partial charge in [-0.3, -0.25) is 24.1 Å². The molecule has 1 aliphatic carbocycles. The van der Waals surface area contributed by atoms with Gasteiger partial charge < -0.3 is 14.5 Å². The van der Waals surface area contributed by atoms with E-state index in [1.807, 2.05) is 36.4 Å². The molecule has 3 heterocycles. The number of Topliss-reactive ketones (excluding diaryl/α,β-unsaturated/α-hetero) is 1. The van der Waals surface area contributed by atoms with Crippen molar-refractivity contribution in [1.29, 1.82) is 0 Å². The number of allylic oxidation sites excluding steroid dienone is 4. The number of para-hydroxylation sites is 1. The third-order valence-corrected chi connectivity index (χ3v) is 7.14. The van der Waals surface area contributed by atoms with Crippen molar-refractivity contribution in [3.05, 3.63) is 77.5 Å². The van der Waals surface area contributed by atoms with Gasteiger partial charge in [0.25, 0.3) is 11.1 Å². The van der Waals surface area contributed by atoms with Gasteiger partial charge in [-0.15, -0.1) is 0 Å². The van der Waals surface area contributed by atoms with Crippen molar-refractivity contribution in [2.45, 2.75) is 6.10 Å². The molecule has 1 aromatic rings. The lowest BCUT2D eigenvalue weighted by Gasteiger charge is -2.36. The molecule has 3 amide bonds. The normalized spacial score (nSPS) is 25.5. The van der Waals surface area contributed by atoms with Crippen molar-refractivity contribution >= 4 is 40.3 Å². The summed E-state index contributed by atoms with van der Waals surface area (Å²) in [5.74, 6) is -1.46. The van der Waals surface area contributed by atoms with Gasteiger partial charge in [-0.1, -0.05) is 36.4 Å². The number of amides is 3. The van der Waals surface area contributed by atoms with E-state index < -0.39 is 17.1 Å². The van der Waals surface area contributed by atoms with Crippen molar-refractivity contribution in [3.63, 3.8) is 0 Å². The molecule has 9 heteroatoms. The number of fused-ring (bicyclic) bond motifs is 1. The van der Waals surface area contributed by atoms with E-state index in [0.29, 0.717) is 26.2 Å². The highest BCUT2D eigenvalue weighted by Gasteiger charge is 2.39. The lowest BCUT2D eigenvalue weighted by molar-refractivity contribution is -0.136. The Morgan fingerprint density at radius 2 is 1.76 bits per heavy atom. The zero-order chi connectivity index (χ0) is 23.7. The van der Waals surface area contributed by atoms with Crippen molar-refractivity contribution < 1.29 is 23.9 Å². The molecule has 0 spiro atoms. The molecule has 0 aromatic heterocycles. The van der Waals surface area contributed by atoms with E-state index in [-0.39, 0.29) is 34.8 Å². The minimum absolute atomic E-state index is 0.115. The maximum Gasteiger partial charge on any atom is 0.294 e. The van der Waals surface area contributed by atoms with E-state index >= 15 is 0 Å². The van der Waals surface area contributed by atoms with Gasteiger partial charge in [0.2, 0.25) is 5.91 Å². The number of nitrogens with zero attached hydrogens (tertiary/aromatic N) is 3. The second kappa shape index (κ2) is 9.34. The Morgan fingerprint density at radius 3 is 2.53 bits per heavy atom. The minimum atomic E-state index is -0.568. The van der Waals surface area contributed by atoms with Crippen LogP contribution in [0.2, 0.25) is 0 Å². The Morgan fingerprint density at radius 1 is 1.03 bits per heavy atom. The molecule has 0 N–H and O–H groups in total. The number of piperazine rings is 1. The molecule has 0 saturated carbocycles. The van der Waals surface area contributed by atoms with Crippen LogP contribution in [0.4, 0.5) is 10.5 Å². The highest BCUT2D eigenvalue weighted by molar-refractivity contribution is 8.18. The Hall–Kier alpha value is -3.59. The summed E-state index contributed by atoms with van der Waals surface area (Å²) in [5, 5.41) is -0.518. The van der Waals surface area contributed by atoms with Crippen LogP contribution in [0.3, 0.4) is 0 Å². The van der Waals surface area contributed by atoms with E-state index in [9.17, 15) is 19.2 Å². The van der Waals surface area contributed by atoms with Gasteiger partial charge in [-0.05, 0) is 36.0 Å². The molecule has 0 unspecified atom stereocenters. The van der Waals surface area contributed by atoms with E-state index in [4.69, 9.17) is 4.74 Å². The van der Waals surface area contributed by atoms with Gasteiger partial charge in [0, 0.05) is 31.9 Å². The number of rotatable bonds is 4. The monoisotopic (exact) mass is 477 g/mol. The molecule has 8 nitrogen and oxygen atoms in total. The van der Waals surface area contributed by atoms with Gasteiger partial charge in [-0.25, -0.2) is 0 Å². The first-order valence-electron chi connectivity index (χ1n) is 11.1. The average Bonchev–Trinajstić information content (AvgIpc) is 3.13. The van der Waals surface area contributed by atoms with Crippen molar-refractivity contribution in [1.82, 2.24) is 9.80 Å².